The van der Waals surface area contributed by atoms with Gasteiger partial charge in [0.05, 0.1) is 11.9 Å². The largest absolute Gasteiger partial charge is 0.545 e. The van der Waals surface area contributed by atoms with Gasteiger partial charge in [0.25, 0.3) is 10.1 Å². The molecule has 18 heavy (non-hydrogen) atoms. The molecule has 0 saturated carbocycles. The summed E-state index contributed by atoms with van der Waals surface area (Å²) >= 11 is 0. The Balaban J connectivity index is 0. The van der Waals surface area contributed by atoms with Gasteiger partial charge in [-0.3, -0.25) is 4.55 Å². The average Bonchev–Trinajstić information content (AvgIpc) is 2.15. The third-order valence-electron chi connectivity index (χ3n) is 1.72. The molecule has 0 aliphatic heterocycles. The minimum atomic E-state index is -4.85. The Hall–Kier alpha value is -1.07. The van der Waals surface area contributed by atoms with Crippen LogP contribution in [0.5, 0.6) is 0 Å². The van der Waals surface area contributed by atoms with Crippen LogP contribution in [0, 0.1) is 0 Å². The van der Waals surface area contributed by atoms with E-state index in [-0.39, 0.29) is 19.8 Å². The van der Waals surface area contributed by atoms with E-state index in [2.05, 4.69) is 0 Å². The number of carboxylic acids is 2. The highest BCUT2D eigenvalue weighted by molar-refractivity contribution is 7.86. The second-order valence-corrected chi connectivity index (χ2v) is 4.15. The molecule has 7 nitrogen and oxygen atoms in total. The van der Waals surface area contributed by atoms with Crippen LogP contribution < -0.4 is 10.2 Å². The predicted molar refractivity (Wildman–Crippen MR) is 69.9 cm³/mol. The van der Waals surface area contributed by atoms with Crippen LogP contribution >= 0.6 is 19.8 Å². The quantitative estimate of drug-likeness (QED) is 0.471. The summed E-state index contributed by atoms with van der Waals surface area (Å²) in [6.07, 6.45) is 0. The van der Waals surface area contributed by atoms with E-state index in [1.165, 1.54) is 0 Å². The molecule has 0 spiro atoms. The Bertz CT molecular complexity index is 567. The third-order valence-corrected chi connectivity index (χ3v) is 2.61. The summed E-state index contributed by atoms with van der Waals surface area (Å²) in [5.41, 5.74) is -1.40. The molecule has 102 valence electrons. The van der Waals surface area contributed by atoms with Gasteiger partial charge in [-0.15, -0.1) is 0 Å². The first-order valence-electron chi connectivity index (χ1n) is 3.77. The second kappa shape index (κ2) is 6.75. The second-order valence-electron chi connectivity index (χ2n) is 2.76. The summed E-state index contributed by atoms with van der Waals surface area (Å²) in [6, 6.07) is 2.01. The SMILES string of the molecule is O=C([O-])c1ccc(C(=O)[O-])c(S(=O)(=O)O)c1.[PH4+].[PH4+]. The van der Waals surface area contributed by atoms with Crippen molar-refractivity contribution >= 4 is 41.9 Å². The summed E-state index contributed by atoms with van der Waals surface area (Å²) < 4.78 is 30.3. The van der Waals surface area contributed by atoms with Crippen LogP contribution in [0.25, 0.3) is 0 Å². The first-order valence-corrected chi connectivity index (χ1v) is 5.21. The van der Waals surface area contributed by atoms with Crippen LogP contribution in [-0.2, 0) is 10.1 Å². The van der Waals surface area contributed by atoms with E-state index < -0.39 is 38.1 Å². The first-order chi connectivity index (χ1) is 7.23. The molecule has 1 aromatic rings. The van der Waals surface area contributed by atoms with Crippen molar-refractivity contribution in [3.63, 3.8) is 0 Å². The molecular weight excluding hydrogens is 302 g/mol. The normalized spacial score (nSPS) is 9.83. The van der Waals surface area contributed by atoms with Crippen molar-refractivity contribution in [2.24, 2.45) is 0 Å². The fourth-order valence-corrected chi connectivity index (χ4v) is 1.74. The van der Waals surface area contributed by atoms with Crippen molar-refractivity contribution in [3.8, 4) is 0 Å². The molecule has 2 atom stereocenters. The average molecular weight is 314 g/mol. The molecule has 2 unspecified atom stereocenters. The van der Waals surface area contributed by atoms with Gasteiger partial charge in [0, 0.05) is 5.56 Å². The van der Waals surface area contributed by atoms with Crippen molar-refractivity contribution in [1.82, 2.24) is 0 Å². The van der Waals surface area contributed by atoms with Crippen LogP contribution in [-0.4, -0.2) is 24.9 Å². The van der Waals surface area contributed by atoms with E-state index in [0.717, 1.165) is 6.07 Å². The molecule has 0 heterocycles. The first kappa shape index (κ1) is 19.3. The lowest BCUT2D eigenvalue weighted by atomic mass is 10.1. The smallest absolute Gasteiger partial charge is 0.295 e. The Morgan fingerprint density at radius 2 is 1.56 bits per heavy atom. The Labute approximate surface area is 109 Å². The molecule has 0 aliphatic rings. The highest BCUT2D eigenvalue weighted by Gasteiger charge is 2.17. The fraction of sp³-hybridized carbons (Fsp3) is 0. The van der Waals surface area contributed by atoms with Gasteiger partial charge in [-0.25, -0.2) is 0 Å². The summed E-state index contributed by atoms with van der Waals surface area (Å²) in [7, 11) is -4.85. The minimum Gasteiger partial charge on any atom is -0.545 e. The molecular formula is C8H12O7P2S. The van der Waals surface area contributed by atoms with Crippen LogP contribution in [0.4, 0.5) is 0 Å². The number of carbonyl (C=O) groups is 2. The fourth-order valence-electron chi connectivity index (χ4n) is 1.03. The van der Waals surface area contributed by atoms with Gasteiger partial charge in [-0.2, -0.15) is 8.42 Å². The standard InChI is InChI=1S/C8H6O7S.2H3P/c9-7(10)4-1-2-5(8(11)12)6(3-4)16(13,14)15;;/h1-3H,(H,9,10)(H,11,12)(H,13,14,15);2*1H3. The van der Waals surface area contributed by atoms with E-state index >= 15 is 0 Å². The summed E-state index contributed by atoms with van der Waals surface area (Å²) in [5.74, 6) is -3.55. The molecule has 0 aromatic heterocycles. The van der Waals surface area contributed by atoms with Gasteiger partial charge in [0.2, 0.25) is 0 Å². The summed E-state index contributed by atoms with van der Waals surface area (Å²) in [5, 5.41) is 20.9. The highest BCUT2D eigenvalue weighted by atomic mass is 32.2. The number of carbonyl (C=O) groups excluding carboxylic acids is 2. The van der Waals surface area contributed by atoms with Crippen LogP contribution in [0.1, 0.15) is 20.7 Å². The van der Waals surface area contributed by atoms with Gasteiger partial charge in [-0.05, 0) is 31.4 Å². The third kappa shape index (κ3) is 4.31. The number of carboxylic acid groups (broad SMARTS) is 2. The van der Waals surface area contributed by atoms with E-state index in [0.29, 0.717) is 12.1 Å². The molecule has 1 N–H and O–H groups in total. The number of benzene rings is 1. The zero-order valence-electron chi connectivity index (χ0n) is 9.54. The molecule has 1 aromatic carbocycles. The van der Waals surface area contributed by atoms with E-state index in [4.69, 9.17) is 4.55 Å². The summed E-state index contributed by atoms with van der Waals surface area (Å²) in [6.45, 7) is 0. The highest BCUT2D eigenvalue weighted by Crippen LogP contribution is 2.16. The van der Waals surface area contributed by atoms with E-state index in [1.54, 1.807) is 0 Å². The zero-order valence-corrected chi connectivity index (χ0v) is 14.4. The number of aromatic carboxylic acids is 2. The van der Waals surface area contributed by atoms with Gasteiger partial charge in [0.15, 0.2) is 0 Å². The maximum Gasteiger partial charge on any atom is 0.295 e. The lowest BCUT2D eigenvalue weighted by Crippen LogP contribution is -2.26. The summed E-state index contributed by atoms with van der Waals surface area (Å²) in [4.78, 5) is 19.9. The van der Waals surface area contributed by atoms with Crippen LogP contribution in [0.15, 0.2) is 23.1 Å². The Morgan fingerprint density at radius 3 is 1.89 bits per heavy atom. The molecule has 0 bridgehead atoms. The van der Waals surface area contributed by atoms with Crippen molar-refractivity contribution in [2.75, 3.05) is 0 Å². The Kier molecular flexibility index (Phi) is 7.23. The number of hydrogen-bond donors (Lipinski definition) is 1. The van der Waals surface area contributed by atoms with Gasteiger partial charge < -0.3 is 19.8 Å². The van der Waals surface area contributed by atoms with Gasteiger partial charge in [-0.1, -0.05) is 12.1 Å². The number of hydrogen-bond acceptors (Lipinski definition) is 6. The van der Waals surface area contributed by atoms with Crippen LogP contribution in [0.2, 0.25) is 0 Å². The van der Waals surface area contributed by atoms with Crippen molar-refractivity contribution in [1.29, 1.82) is 0 Å². The predicted octanol–water partition coefficient (Wildman–Crippen LogP) is -2.76. The lowest BCUT2D eigenvalue weighted by molar-refractivity contribution is -0.256. The Morgan fingerprint density at radius 1 is 1.06 bits per heavy atom. The molecule has 0 aliphatic carbocycles. The topological polar surface area (TPSA) is 135 Å². The monoisotopic (exact) mass is 314 g/mol. The van der Waals surface area contributed by atoms with E-state index in [1.807, 2.05) is 0 Å². The molecule has 10 heteroatoms. The molecule has 0 fully saturated rings. The minimum absolute atomic E-state index is 0. The molecule has 1 rings (SSSR count). The lowest BCUT2D eigenvalue weighted by Gasteiger charge is -2.10. The van der Waals surface area contributed by atoms with Crippen molar-refractivity contribution in [3.05, 3.63) is 29.3 Å². The van der Waals surface area contributed by atoms with Gasteiger partial charge in [0.1, 0.15) is 4.90 Å². The molecule has 0 radical (unpaired) electrons. The van der Waals surface area contributed by atoms with Crippen molar-refractivity contribution in [2.45, 2.75) is 4.90 Å². The van der Waals surface area contributed by atoms with Gasteiger partial charge >= 0.3 is 0 Å². The maximum atomic E-state index is 10.8. The van der Waals surface area contributed by atoms with Crippen molar-refractivity contribution < 1.29 is 32.8 Å². The molecule has 0 amide bonds. The zero-order chi connectivity index (χ0) is 12.5. The van der Waals surface area contributed by atoms with E-state index in [9.17, 15) is 28.2 Å². The maximum absolute atomic E-state index is 10.8. The van der Waals surface area contributed by atoms with Crippen LogP contribution in [0.3, 0.4) is 0 Å². The number of rotatable bonds is 3. The molecule has 0 saturated heterocycles.